The summed E-state index contributed by atoms with van der Waals surface area (Å²) in [6, 6.07) is 5.55. The van der Waals surface area contributed by atoms with Gasteiger partial charge in [0.25, 0.3) is 0 Å². The summed E-state index contributed by atoms with van der Waals surface area (Å²) in [6.07, 6.45) is 1.08. The highest BCUT2D eigenvalue weighted by Crippen LogP contribution is 2.22. The summed E-state index contributed by atoms with van der Waals surface area (Å²) < 4.78 is 5.73. The minimum atomic E-state index is 0.139. The van der Waals surface area contributed by atoms with Gasteiger partial charge in [-0.05, 0) is 39.4 Å². The highest BCUT2D eigenvalue weighted by Gasteiger charge is 2.22. The lowest BCUT2D eigenvalue weighted by molar-refractivity contribution is 0.131. The van der Waals surface area contributed by atoms with Crippen LogP contribution in [0, 0.1) is 0 Å². The van der Waals surface area contributed by atoms with Gasteiger partial charge in [0.15, 0.2) is 5.58 Å². The van der Waals surface area contributed by atoms with Crippen LogP contribution in [0.2, 0.25) is 0 Å². The third-order valence-corrected chi connectivity index (χ3v) is 3.73. The monoisotopic (exact) mass is 247 g/mol. The number of hydrogen-bond donors (Lipinski definition) is 1. The van der Waals surface area contributed by atoms with Gasteiger partial charge in [0, 0.05) is 17.3 Å². The van der Waals surface area contributed by atoms with Gasteiger partial charge < -0.3 is 10.2 Å². The van der Waals surface area contributed by atoms with Crippen molar-refractivity contribution in [2.45, 2.75) is 39.3 Å². The molecule has 0 aliphatic heterocycles. The standard InChI is InChI=1S/C14H21N3O/c1-5-14(2,3)17(4)9-13-16-11-7-6-10(15)8-12(11)18-13/h6-8H,5,9,15H2,1-4H3. The van der Waals surface area contributed by atoms with Gasteiger partial charge in [-0.1, -0.05) is 6.92 Å². The van der Waals surface area contributed by atoms with Crippen molar-refractivity contribution in [1.29, 1.82) is 0 Å². The Morgan fingerprint density at radius 2 is 2.11 bits per heavy atom. The van der Waals surface area contributed by atoms with E-state index in [-0.39, 0.29) is 5.54 Å². The number of oxazole rings is 1. The molecule has 0 fully saturated rings. The maximum Gasteiger partial charge on any atom is 0.209 e. The lowest BCUT2D eigenvalue weighted by Gasteiger charge is -2.33. The van der Waals surface area contributed by atoms with Gasteiger partial charge in [-0.25, -0.2) is 4.98 Å². The number of benzene rings is 1. The van der Waals surface area contributed by atoms with Crippen molar-refractivity contribution in [1.82, 2.24) is 9.88 Å². The van der Waals surface area contributed by atoms with E-state index >= 15 is 0 Å². The smallest absolute Gasteiger partial charge is 0.209 e. The summed E-state index contributed by atoms with van der Waals surface area (Å²) >= 11 is 0. The largest absolute Gasteiger partial charge is 0.439 e. The zero-order valence-corrected chi connectivity index (χ0v) is 11.5. The second kappa shape index (κ2) is 4.61. The molecule has 1 aromatic heterocycles. The Kier molecular flexibility index (Phi) is 3.30. The molecule has 98 valence electrons. The lowest BCUT2D eigenvalue weighted by Crippen LogP contribution is -2.39. The van der Waals surface area contributed by atoms with Crippen molar-refractivity contribution >= 4 is 16.8 Å². The molecule has 0 radical (unpaired) electrons. The number of anilines is 1. The number of fused-ring (bicyclic) bond motifs is 1. The minimum absolute atomic E-state index is 0.139. The predicted octanol–water partition coefficient (Wildman–Crippen LogP) is 3.03. The van der Waals surface area contributed by atoms with Gasteiger partial charge in [0.05, 0.1) is 6.54 Å². The number of aromatic nitrogens is 1. The molecule has 0 atom stereocenters. The molecule has 0 bridgehead atoms. The van der Waals surface area contributed by atoms with Crippen molar-refractivity contribution in [2.24, 2.45) is 0 Å². The summed E-state index contributed by atoms with van der Waals surface area (Å²) in [5, 5.41) is 0. The third kappa shape index (κ3) is 2.48. The van der Waals surface area contributed by atoms with E-state index in [0.29, 0.717) is 12.2 Å². The zero-order chi connectivity index (χ0) is 13.3. The zero-order valence-electron chi connectivity index (χ0n) is 11.5. The number of rotatable bonds is 4. The molecule has 0 unspecified atom stereocenters. The first-order valence-corrected chi connectivity index (χ1v) is 6.28. The molecule has 2 aromatic rings. The Hall–Kier alpha value is -1.55. The minimum Gasteiger partial charge on any atom is -0.439 e. The van der Waals surface area contributed by atoms with Gasteiger partial charge in [0.2, 0.25) is 5.89 Å². The van der Waals surface area contributed by atoms with Gasteiger partial charge in [-0.15, -0.1) is 0 Å². The SMILES string of the molecule is CCC(C)(C)N(C)Cc1nc2ccc(N)cc2o1. The molecule has 0 spiro atoms. The maximum absolute atomic E-state index is 5.73. The first-order valence-electron chi connectivity index (χ1n) is 6.28. The van der Waals surface area contributed by atoms with E-state index in [1.165, 1.54) is 0 Å². The molecule has 0 aliphatic rings. The second-order valence-corrected chi connectivity index (χ2v) is 5.36. The summed E-state index contributed by atoms with van der Waals surface area (Å²) in [6.45, 7) is 7.32. The van der Waals surface area contributed by atoms with E-state index in [0.717, 1.165) is 23.4 Å². The highest BCUT2D eigenvalue weighted by molar-refractivity contribution is 5.76. The van der Waals surface area contributed by atoms with Gasteiger partial charge in [0.1, 0.15) is 5.52 Å². The topological polar surface area (TPSA) is 55.3 Å². The molecule has 0 aliphatic carbocycles. The number of nitrogens with two attached hydrogens (primary N) is 1. The molecule has 4 heteroatoms. The Balaban J connectivity index is 2.22. The van der Waals surface area contributed by atoms with Crippen LogP contribution in [0.15, 0.2) is 22.6 Å². The van der Waals surface area contributed by atoms with Crippen LogP contribution < -0.4 is 5.73 Å². The average Bonchev–Trinajstić information content (AvgIpc) is 2.70. The van der Waals surface area contributed by atoms with Crippen molar-refractivity contribution in [3.05, 3.63) is 24.1 Å². The average molecular weight is 247 g/mol. The van der Waals surface area contributed by atoms with Crippen LogP contribution in [-0.4, -0.2) is 22.5 Å². The molecule has 0 saturated heterocycles. The van der Waals surface area contributed by atoms with Crippen molar-refractivity contribution in [3.8, 4) is 0 Å². The van der Waals surface area contributed by atoms with E-state index in [9.17, 15) is 0 Å². The molecular weight excluding hydrogens is 226 g/mol. The number of nitrogens with zero attached hydrogens (tertiary/aromatic N) is 2. The maximum atomic E-state index is 5.73. The summed E-state index contributed by atoms with van der Waals surface area (Å²) in [5.41, 5.74) is 8.19. The first-order chi connectivity index (χ1) is 8.42. The van der Waals surface area contributed by atoms with E-state index in [1.54, 1.807) is 0 Å². The first kappa shape index (κ1) is 12.9. The lowest BCUT2D eigenvalue weighted by atomic mass is 10.0. The van der Waals surface area contributed by atoms with E-state index in [4.69, 9.17) is 10.2 Å². The molecule has 1 aromatic carbocycles. The molecule has 0 saturated carbocycles. The van der Waals surface area contributed by atoms with Crippen molar-refractivity contribution in [2.75, 3.05) is 12.8 Å². The summed E-state index contributed by atoms with van der Waals surface area (Å²) in [4.78, 5) is 6.73. The highest BCUT2D eigenvalue weighted by atomic mass is 16.3. The van der Waals surface area contributed by atoms with Gasteiger partial charge >= 0.3 is 0 Å². The molecule has 2 N–H and O–H groups in total. The molecule has 4 nitrogen and oxygen atoms in total. The van der Waals surface area contributed by atoms with Crippen LogP contribution in [0.25, 0.3) is 11.1 Å². The molecule has 0 amide bonds. The fourth-order valence-corrected chi connectivity index (χ4v) is 1.74. The van der Waals surface area contributed by atoms with Gasteiger partial charge in [-0.3, -0.25) is 4.90 Å². The molecule has 18 heavy (non-hydrogen) atoms. The number of hydrogen-bond acceptors (Lipinski definition) is 4. The Morgan fingerprint density at radius 1 is 1.39 bits per heavy atom. The quantitative estimate of drug-likeness (QED) is 0.844. The summed E-state index contributed by atoms with van der Waals surface area (Å²) in [7, 11) is 2.09. The summed E-state index contributed by atoms with van der Waals surface area (Å²) in [5.74, 6) is 0.736. The van der Waals surface area contributed by atoms with E-state index < -0.39 is 0 Å². The van der Waals surface area contributed by atoms with Gasteiger partial charge in [-0.2, -0.15) is 0 Å². The molecule has 1 heterocycles. The van der Waals surface area contributed by atoms with Crippen LogP contribution in [0.5, 0.6) is 0 Å². The van der Waals surface area contributed by atoms with Crippen LogP contribution in [0.1, 0.15) is 33.1 Å². The second-order valence-electron chi connectivity index (χ2n) is 5.36. The Bertz CT molecular complexity index is 545. The van der Waals surface area contributed by atoms with Crippen molar-refractivity contribution < 1.29 is 4.42 Å². The van der Waals surface area contributed by atoms with E-state index in [2.05, 4.69) is 37.7 Å². The Labute approximate surface area is 108 Å². The van der Waals surface area contributed by atoms with Crippen molar-refractivity contribution in [3.63, 3.8) is 0 Å². The van der Waals surface area contributed by atoms with Crippen LogP contribution in [0.3, 0.4) is 0 Å². The predicted molar refractivity (Wildman–Crippen MR) is 74.3 cm³/mol. The van der Waals surface area contributed by atoms with E-state index in [1.807, 2.05) is 18.2 Å². The third-order valence-electron chi connectivity index (χ3n) is 3.73. The van der Waals surface area contributed by atoms with Crippen LogP contribution in [-0.2, 0) is 6.54 Å². The fraction of sp³-hybridized carbons (Fsp3) is 0.500. The Morgan fingerprint density at radius 3 is 2.78 bits per heavy atom. The van der Waals surface area contributed by atoms with Crippen LogP contribution >= 0.6 is 0 Å². The fourth-order valence-electron chi connectivity index (χ4n) is 1.74. The molecule has 2 rings (SSSR count). The normalized spacial score (nSPS) is 12.5. The number of nitrogen functional groups attached to an aromatic ring is 1. The van der Waals surface area contributed by atoms with Crippen LogP contribution in [0.4, 0.5) is 5.69 Å². The molecular formula is C14H21N3O.